The molecule has 3 aromatic heterocycles. The van der Waals surface area contributed by atoms with Crippen molar-refractivity contribution in [3.8, 4) is 17.3 Å². The van der Waals surface area contributed by atoms with E-state index in [1.165, 1.54) is 13.3 Å². The molecule has 0 saturated carbocycles. The van der Waals surface area contributed by atoms with Crippen molar-refractivity contribution in [2.75, 3.05) is 20.2 Å². The Morgan fingerprint density at radius 1 is 1.29 bits per heavy atom. The number of pyridine rings is 1. The largest absolute Gasteiger partial charge is 0.494 e. The summed E-state index contributed by atoms with van der Waals surface area (Å²) in [6, 6.07) is 8.25. The molecule has 0 spiro atoms. The molecule has 2 N–H and O–H groups in total. The summed E-state index contributed by atoms with van der Waals surface area (Å²) in [5.41, 5.74) is 7.95. The lowest BCUT2D eigenvalue weighted by atomic mass is 10.0. The maximum absolute atomic E-state index is 13.5. The summed E-state index contributed by atoms with van der Waals surface area (Å²) in [5.74, 6) is 0.540. The number of aromatic nitrogens is 4. The third kappa shape index (κ3) is 4.20. The lowest BCUT2D eigenvalue weighted by molar-refractivity contribution is -0.139. The molecule has 0 radical (unpaired) electrons. The standard InChI is InChI=1S/C24H25F3N6O2/c1-31-20-17(9-15(11-19(20)35-2)23(34)32-8-4-6-16(28)12-32)30-22(31)18-10-14-5-3-7-29-21(14)33(18)13-24(25,26)27/h3,5,7,9-11,16H,4,6,8,12-13,28H2,1-2H3/t16-/m1/s1. The van der Waals surface area contributed by atoms with E-state index in [2.05, 4.69) is 9.97 Å². The topological polar surface area (TPSA) is 91.2 Å². The maximum Gasteiger partial charge on any atom is 0.406 e. The third-order valence-electron chi connectivity index (χ3n) is 6.37. The molecular formula is C24H25F3N6O2. The third-order valence-corrected chi connectivity index (χ3v) is 6.37. The van der Waals surface area contributed by atoms with Crippen LogP contribution in [0, 0.1) is 0 Å². The van der Waals surface area contributed by atoms with Gasteiger partial charge in [-0.2, -0.15) is 13.2 Å². The van der Waals surface area contributed by atoms with Gasteiger partial charge in [-0.15, -0.1) is 0 Å². The molecule has 35 heavy (non-hydrogen) atoms. The van der Waals surface area contributed by atoms with Gasteiger partial charge in [0.2, 0.25) is 0 Å². The van der Waals surface area contributed by atoms with E-state index in [9.17, 15) is 18.0 Å². The number of alkyl halides is 3. The first-order valence-corrected chi connectivity index (χ1v) is 11.3. The molecule has 1 atom stereocenters. The van der Waals surface area contributed by atoms with E-state index in [0.29, 0.717) is 46.6 Å². The van der Waals surface area contributed by atoms with Crippen LogP contribution in [0.15, 0.2) is 36.5 Å². The SMILES string of the molecule is COc1cc(C(=O)N2CCC[C@@H](N)C2)cc2nc(-c3cc4cccnc4n3CC(F)(F)F)n(C)c12. The average molecular weight is 486 g/mol. The fourth-order valence-corrected chi connectivity index (χ4v) is 4.81. The number of aryl methyl sites for hydroxylation is 1. The Balaban J connectivity index is 1.65. The summed E-state index contributed by atoms with van der Waals surface area (Å²) in [5, 5.41) is 0.572. The Labute approximate surface area is 199 Å². The molecule has 0 unspecified atom stereocenters. The number of amides is 1. The summed E-state index contributed by atoms with van der Waals surface area (Å²) >= 11 is 0. The number of carbonyl (C=O) groups is 1. The highest BCUT2D eigenvalue weighted by Crippen LogP contribution is 2.35. The number of rotatable bonds is 4. The van der Waals surface area contributed by atoms with Gasteiger partial charge in [-0.25, -0.2) is 9.97 Å². The van der Waals surface area contributed by atoms with Gasteiger partial charge in [0, 0.05) is 43.3 Å². The van der Waals surface area contributed by atoms with Crippen LogP contribution >= 0.6 is 0 Å². The summed E-state index contributed by atoms with van der Waals surface area (Å²) in [4.78, 5) is 23.7. The summed E-state index contributed by atoms with van der Waals surface area (Å²) in [6.45, 7) is -0.121. The number of piperidine rings is 1. The molecule has 1 aromatic carbocycles. The Bertz CT molecular complexity index is 1420. The number of imidazole rings is 1. The fraction of sp³-hybridized carbons (Fsp3) is 0.375. The molecule has 1 aliphatic heterocycles. The van der Waals surface area contributed by atoms with E-state index in [4.69, 9.17) is 10.5 Å². The van der Waals surface area contributed by atoms with Crippen LogP contribution in [0.5, 0.6) is 5.75 Å². The molecule has 5 rings (SSSR count). The Kier molecular flexibility index (Phi) is 5.66. The molecule has 1 aliphatic rings. The van der Waals surface area contributed by atoms with Crippen molar-refractivity contribution in [1.82, 2.24) is 24.0 Å². The molecule has 4 heterocycles. The smallest absolute Gasteiger partial charge is 0.406 e. The Morgan fingerprint density at radius 3 is 2.80 bits per heavy atom. The second-order valence-corrected chi connectivity index (χ2v) is 8.84. The highest BCUT2D eigenvalue weighted by atomic mass is 19.4. The van der Waals surface area contributed by atoms with Crippen LogP contribution < -0.4 is 10.5 Å². The van der Waals surface area contributed by atoms with Crippen molar-refractivity contribution in [2.45, 2.75) is 31.6 Å². The number of halogens is 3. The predicted octanol–water partition coefficient (Wildman–Crippen LogP) is 3.72. The minimum absolute atomic E-state index is 0.0658. The molecule has 11 heteroatoms. The number of nitrogens with zero attached hydrogens (tertiary/aromatic N) is 5. The van der Waals surface area contributed by atoms with Crippen molar-refractivity contribution >= 4 is 28.0 Å². The van der Waals surface area contributed by atoms with Gasteiger partial charge in [0.25, 0.3) is 5.91 Å². The van der Waals surface area contributed by atoms with E-state index in [-0.39, 0.29) is 23.3 Å². The normalized spacial score (nSPS) is 16.9. The number of carbonyl (C=O) groups excluding carboxylic acids is 1. The highest BCUT2D eigenvalue weighted by molar-refractivity contribution is 6.00. The highest BCUT2D eigenvalue weighted by Gasteiger charge is 2.32. The molecule has 0 bridgehead atoms. The first kappa shape index (κ1) is 23.2. The minimum Gasteiger partial charge on any atom is -0.494 e. The zero-order valence-corrected chi connectivity index (χ0v) is 19.3. The lowest BCUT2D eigenvalue weighted by Gasteiger charge is -2.30. The van der Waals surface area contributed by atoms with E-state index in [1.54, 1.807) is 46.8 Å². The van der Waals surface area contributed by atoms with E-state index >= 15 is 0 Å². The molecule has 4 aromatic rings. The van der Waals surface area contributed by atoms with Gasteiger partial charge in [0.05, 0.1) is 18.3 Å². The zero-order valence-electron chi connectivity index (χ0n) is 19.3. The fourth-order valence-electron chi connectivity index (χ4n) is 4.81. The molecular weight excluding hydrogens is 461 g/mol. The van der Waals surface area contributed by atoms with Gasteiger partial charge in [-0.1, -0.05) is 0 Å². The zero-order chi connectivity index (χ0) is 24.9. The van der Waals surface area contributed by atoms with Gasteiger partial charge in [0.15, 0.2) is 5.82 Å². The van der Waals surface area contributed by atoms with Crippen molar-refractivity contribution in [3.63, 3.8) is 0 Å². The number of benzene rings is 1. The van der Waals surface area contributed by atoms with Crippen molar-refractivity contribution in [2.24, 2.45) is 12.8 Å². The number of nitrogens with two attached hydrogens (primary N) is 1. The number of likely N-dealkylation sites (tertiary alicyclic amines) is 1. The Morgan fingerprint density at radius 2 is 2.09 bits per heavy atom. The van der Waals surface area contributed by atoms with Crippen molar-refractivity contribution < 1.29 is 22.7 Å². The lowest BCUT2D eigenvalue weighted by Crippen LogP contribution is -2.45. The summed E-state index contributed by atoms with van der Waals surface area (Å²) in [7, 11) is 3.19. The van der Waals surface area contributed by atoms with Gasteiger partial charge >= 0.3 is 6.18 Å². The van der Waals surface area contributed by atoms with E-state index in [0.717, 1.165) is 17.4 Å². The number of fused-ring (bicyclic) bond motifs is 2. The van der Waals surface area contributed by atoms with Crippen LogP contribution in [-0.4, -0.2) is 62.3 Å². The molecule has 1 saturated heterocycles. The van der Waals surface area contributed by atoms with Crippen LogP contribution in [0.1, 0.15) is 23.2 Å². The van der Waals surface area contributed by atoms with Gasteiger partial charge < -0.3 is 24.5 Å². The molecule has 1 amide bonds. The van der Waals surface area contributed by atoms with Gasteiger partial charge in [-0.3, -0.25) is 4.79 Å². The summed E-state index contributed by atoms with van der Waals surface area (Å²) in [6.07, 6.45) is -1.29. The second-order valence-electron chi connectivity index (χ2n) is 8.84. The number of hydrogen-bond donors (Lipinski definition) is 1. The minimum atomic E-state index is -4.45. The predicted molar refractivity (Wildman–Crippen MR) is 125 cm³/mol. The van der Waals surface area contributed by atoms with Crippen molar-refractivity contribution in [3.05, 3.63) is 42.1 Å². The first-order chi connectivity index (χ1) is 16.7. The first-order valence-electron chi connectivity index (χ1n) is 11.3. The summed E-state index contributed by atoms with van der Waals surface area (Å²) < 4.78 is 48.8. The second kappa shape index (κ2) is 8.56. The molecule has 184 valence electrons. The Hall–Kier alpha value is -3.60. The number of hydrogen-bond acceptors (Lipinski definition) is 5. The molecule has 1 fully saturated rings. The average Bonchev–Trinajstić information content (AvgIpc) is 3.34. The number of methoxy groups -OCH3 is 1. The maximum atomic E-state index is 13.5. The van der Waals surface area contributed by atoms with Crippen LogP contribution in [-0.2, 0) is 13.6 Å². The van der Waals surface area contributed by atoms with Crippen LogP contribution in [0.2, 0.25) is 0 Å². The van der Waals surface area contributed by atoms with Crippen LogP contribution in [0.3, 0.4) is 0 Å². The molecule has 8 nitrogen and oxygen atoms in total. The quantitative estimate of drug-likeness (QED) is 0.475. The van der Waals surface area contributed by atoms with Crippen molar-refractivity contribution in [1.29, 1.82) is 0 Å². The van der Waals surface area contributed by atoms with Gasteiger partial charge in [0.1, 0.15) is 23.5 Å². The number of ether oxygens (including phenoxy) is 1. The van der Waals surface area contributed by atoms with Crippen LogP contribution in [0.25, 0.3) is 33.6 Å². The monoisotopic (exact) mass is 486 g/mol. The van der Waals surface area contributed by atoms with Crippen LogP contribution in [0.4, 0.5) is 13.2 Å². The van der Waals surface area contributed by atoms with Gasteiger partial charge in [-0.05, 0) is 43.2 Å². The molecule has 0 aliphatic carbocycles. The van der Waals surface area contributed by atoms with E-state index in [1.807, 2.05) is 0 Å². The van der Waals surface area contributed by atoms with E-state index < -0.39 is 12.7 Å².